The average Bonchev–Trinajstić information content (AvgIpc) is 3.07. The maximum atomic E-state index is 12.4. The van der Waals surface area contributed by atoms with E-state index in [0.717, 1.165) is 30.9 Å². The highest BCUT2D eigenvalue weighted by molar-refractivity contribution is 7.89. The van der Waals surface area contributed by atoms with Crippen LogP contribution in [0, 0.1) is 17.0 Å². The topological polar surface area (TPSA) is 102 Å². The fraction of sp³-hybridized carbons (Fsp3) is 0.278. The molecule has 0 unspecified atom stereocenters. The van der Waals surface area contributed by atoms with Crippen LogP contribution in [0.3, 0.4) is 0 Å². The number of hydrazone groups is 1. The normalized spacial score (nSPS) is 14.2. The number of hydrogen-bond donors (Lipinski definition) is 1. The van der Waals surface area contributed by atoms with Gasteiger partial charge in [0.25, 0.3) is 15.7 Å². The lowest BCUT2D eigenvalue weighted by atomic mass is 10.0. The summed E-state index contributed by atoms with van der Waals surface area (Å²) in [5.74, 6) is 0. The highest BCUT2D eigenvalue weighted by Crippen LogP contribution is 2.24. The van der Waals surface area contributed by atoms with E-state index in [1.54, 1.807) is 13.8 Å². The lowest BCUT2D eigenvalue weighted by Gasteiger charge is -2.07. The molecule has 0 radical (unpaired) electrons. The minimum absolute atomic E-state index is 0.194. The first-order chi connectivity index (χ1) is 12.3. The molecule has 3 rings (SSSR count). The Bertz CT molecular complexity index is 1010. The molecule has 136 valence electrons. The fourth-order valence-corrected chi connectivity index (χ4v) is 3.87. The van der Waals surface area contributed by atoms with Gasteiger partial charge in [-0.05, 0) is 61.9 Å². The van der Waals surface area contributed by atoms with Crippen LogP contribution in [0.4, 0.5) is 5.69 Å². The van der Waals surface area contributed by atoms with Gasteiger partial charge in [0, 0.05) is 11.6 Å². The summed E-state index contributed by atoms with van der Waals surface area (Å²) < 4.78 is 24.8. The van der Waals surface area contributed by atoms with Crippen molar-refractivity contribution in [1.82, 2.24) is 4.83 Å². The van der Waals surface area contributed by atoms with Gasteiger partial charge in [-0.15, -0.1) is 0 Å². The third-order valence-electron chi connectivity index (χ3n) is 4.54. The van der Waals surface area contributed by atoms with Crippen LogP contribution < -0.4 is 4.83 Å². The van der Waals surface area contributed by atoms with E-state index in [4.69, 9.17) is 0 Å². The summed E-state index contributed by atoms with van der Waals surface area (Å²) in [5, 5.41) is 15.0. The number of nitro groups is 1. The molecule has 0 aliphatic heterocycles. The molecule has 2 aromatic rings. The Hall–Kier alpha value is -2.74. The summed E-state index contributed by atoms with van der Waals surface area (Å²) in [5.41, 5.74) is 4.13. The summed E-state index contributed by atoms with van der Waals surface area (Å²) in [6, 6.07) is 9.78. The van der Waals surface area contributed by atoms with Crippen molar-refractivity contribution in [3.63, 3.8) is 0 Å². The number of nitrogens with zero attached hydrogens (tertiary/aromatic N) is 2. The minimum Gasteiger partial charge on any atom is -0.258 e. The molecule has 7 nitrogen and oxygen atoms in total. The maximum Gasteiger partial charge on any atom is 0.276 e. The zero-order chi connectivity index (χ0) is 18.9. The minimum atomic E-state index is -3.99. The van der Waals surface area contributed by atoms with Gasteiger partial charge in [0.1, 0.15) is 0 Å². The molecule has 1 aliphatic rings. The molecule has 26 heavy (non-hydrogen) atoms. The zero-order valence-corrected chi connectivity index (χ0v) is 15.3. The van der Waals surface area contributed by atoms with Crippen LogP contribution in [0.2, 0.25) is 0 Å². The van der Waals surface area contributed by atoms with Gasteiger partial charge >= 0.3 is 0 Å². The number of aryl methyl sites for hydroxylation is 3. The zero-order valence-electron chi connectivity index (χ0n) is 14.5. The number of fused-ring (bicyclic) bond motifs is 1. The van der Waals surface area contributed by atoms with Gasteiger partial charge in [0.05, 0.1) is 15.5 Å². The van der Waals surface area contributed by atoms with Crippen molar-refractivity contribution in [2.45, 2.75) is 38.0 Å². The molecule has 0 bridgehead atoms. The predicted octanol–water partition coefficient (Wildman–Crippen LogP) is 3.09. The van der Waals surface area contributed by atoms with Crippen LogP contribution in [-0.4, -0.2) is 19.1 Å². The quantitative estimate of drug-likeness (QED) is 0.494. The standard InChI is InChI=1S/C18H19N3O4S/c1-12-6-9-17(11-18(12)21(22)23)26(24,25)20-19-13(2)15-8-7-14-4-3-5-16(14)10-15/h6-11,20H,3-5H2,1-2H3/b19-13-. The molecule has 0 spiro atoms. The van der Waals surface area contributed by atoms with E-state index < -0.39 is 14.9 Å². The van der Waals surface area contributed by atoms with Gasteiger partial charge in [-0.1, -0.05) is 18.2 Å². The van der Waals surface area contributed by atoms with E-state index in [9.17, 15) is 18.5 Å². The van der Waals surface area contributed by atoms with Crippen LogP contribution >= 0.6 is 0 Å². The Morgan fingerprint density at radius 2 is 1.88 bits per heavy atom. The third-order valence-corrected chi connectivity index (χ3v) is 5.74. The summed E-state index contributed by atoms with van der Waals surface area (Å²) in [7, 11) is -3.99. The Balaban J connectivity index is 1.84. The summed E-state index contributed by atoms with van der Waals surface area (Å²) >= 11 is 0. The Morgan fingerprint density at radius 3 is 2.62 bits per heavy atom. The van der Waals surface area contributed by atoms with E-state index in [1.807, 2.05) is 12.1 Å². The second kappa shape index (κ2) is 6.87. The monoisotopic (exact) mass is 373 g/mol. The van der Waals surface area contributed by atoms with E-state index in [1.165, 1.54) is 23.3 Å². The highest BCUT2D eigenvalue weighted by Gasteiger charge is 2.19. The Morgan fingerprint density at radius 1 is 1.15 bits per heavy atom. The summed E-state index contributed by atoms with van der Waals surface area (Å²) in [6.07, 6.45) is 3.23. The smallest absolute Gasteiger partial charge is 0.258 e. The number of hydrogen-bond acceptors (Lipinski definition) is 5. The predicted molar refractivity (Wildman–Crippen MR) is 98.8 cm³/mol. The lowest BCUT2D eigenvalue weighted by Crippen LogP contribution is -2.20. The van der Waals surface area contributed by atoms with Crippen molar-refractivity contribution in [1.29, 1.82) is 0 Å². The second-order valence-electron chi connectivity index (χ2n) is 6.33. The van der Waals surface area contributed by atoms with Gasteiger partial charge in [-0.3, -0.25) is 10.1 Å². The first-order valence-electron chi connectivity index (χ1n) is 8.21. The SMILES string of the molecule is C/C(=N/NS(=O)(=O)c1ccc(C)c([N+](=O)[O-])c1)c1ccc2c(c1)CCC2. The van der Waals surface area contributed by atoms with Crippen LogP contribution in [0.15, 0.2) is 46.4 Å². The number of benzene rings is 2. The van der Waals surface area contributed by atoms with Crippen LogP contribution in [0.25, 0.3) is 0 Å². The number of nitrogens with one attached hydrogen (secondary N) is 1. The number of sulfonamides is 1. The van der Waals surface area contributed by atoms with Crippen LogP contribution in [0.5, 0.6) is 0 Å². The molecule has 0 amide bonds. The van der Waals surface area contributed by atoms with Gasteiger partial charge < -0.3 is 0 Å². The van der Waals surface area contributed by atoms with Gasteiger partial charge in [0.15, 0.2) is 0 Å². The van der Waals surface area contributed by atoms with Crippen molar-refractivity contribution < 1.29 is 13.3 Å². The van der Waals surface area contributed by atoms with Crippen molar-refractivity contribution in [2.75, 3.05) is 0 Å². The molecule has 0 atom stereocenters. The van der Waals surface area contributed by atoms with Crippen molar-refractivity contribution >= 4 is 21.4 Å². The number of nitro benzene ring substituents is 1. The first-order valence-corrected chi connectivity index (χ1v) is 9.69. The molecular formula is C18H19N3O4S. The Labute approximate surface area is 152 Å². The van der Waals surface area contributed by atoms with Crippen molar-refractivity contribution in [3.05, 3.63) is 68.8 Å². The molecule has 8 heteroatoms. The molecule has 2 aromatic carbocycles. The molecular weight excluding hydrogens is 354 g/mol. The van der Waals surface area contributed by atoms with E-state index >= 15 is 0 Å². The van der Waals surface area contributed by atoms with Gasteiger partial charge in [0.2, 0.25) is 0 Å². The lowest BCUT2D eigenvalue weighted by molar-refractivity contribution is -0.385. The molecule has 0 saturated heterocycles. The first kappa shape index (κ1) is 18.1. The van der Waals surface area contributed by atoms with Gasteiger partial charge in [-0.2, -0.15) is 18.4 Å². The van der Waals surface area contributed by atoms with Crippen molar-refractivity contribution in [3.8, 4) is 0 Å². The second-order valence-corrected chi connectivity index (χ2v) is 8.00. The summed E-state index contributed by atoms with van der Waals surface area (Å²) in [4.78, 5) is 12.4. The molecule has 1 aliphatic carbocycles. The highest BCUT2D eigenvalue weighted by atomic mass is 32.2. The molecule has 0 fully saturated rings. The van der Waals surface area contributed by atoms with E-state index in [-0.39, 0.29) is 10.6 Å². The molecule has 0 heterocycles. The van der Waals surface area contributed by atoms with Crippen LogP contribution in [-0.2, 0) is 22.9 Å². The third kappa shape index (κ3) is 3.60. The maximum absolute atomic E-state index is 12.4. The molecule has 0 saturated carbocycles. The molecule has 1 N–H and O–H groups in total. The Kier molecular flexibility index (Phi) is 4.78. The van der Waals surface area contributed by atoms with Crippen molar-refractivity contribution in [2.24, 2.45) is 5.10 Å². The summed E-state index contributed by atoms with van der Waals surface area (Å²) in [6.45, 7) is 3.27. The molecule has 0 aromatic heterocycles. The fourth-order valence-electron chi connectivity index (χ4n) is 3.00. The largest absolute Gasteiger partial charge is 0.276 e. The van der Waals surface area contributed by atoms with Gasteiger partial charge in [-0.25, -0.2) is 0 Å². The average molecular weight is 373 g/mol. The van der Waals surface area contributed by atoms with E-state index in [2.05, 4.69) is 16.0 Å². The van der Waals surface area contributed by atoms with Crippen LogP contribution in [0.1, 0.15) is 35.6 Å². The number of rotatable bonds is 5. The van der Waals surface area contributed by atoms with E-state index in [0.29, 0.717) is 11.3 Å².